The van der Waals surface area contributed by atoms with Crippen molar-refractivity contribution in [3.05, 3.63) is 34.7 Å². The van der Waals surface area contributed by atoms with Gasteiger partial charge in [-0.3, -0.25) is 4.79 Å². The first kappa shape index (κ1) is 12.9. The van der Waals surface area contributed by atoms with Gasteiger partial charge in [-0.2, -0.15) is 0 Å². The minimum Gasteiger partial charge on any atom is -0.378 e. The largest absolute Gasteiger partial charge is 0.378 e. The third-order valence-electron chi connectivity index (χ3n) is 2.01. The molecule has 1 aromatic heterocycles. The van der Waals surface area contributed by atoms with Gasteiger partial charge < -0.3 is 19.8 Å². The van der Waals surface area contributed by atoms with Crippen LogP contribution in [-0.4, -0.2) is 37.5 Å². The maximum atomic E-state index is 11.3. The Morgan fingerprint density at radius 2 is 1.88 bits per heavy atom. The van der Waals surface area contributed by atoms with Crippen molar-refractivity contribution in [3.8, 4) is 0 Å². The van der Waals surface area contributed by atoms with Gasteiger partial charge >= 0.3 is 0 Å². The average Bonchev–Trinajstić information content (AvgIpc) is 2.30. The summed E-state index contributed by atoms with van der Waals surface area (Å²) in [6.07, 6.45) is 1.75. The molecule has 1 heterocycles. The van der Waals surface area contributed by atoms with Gasteiger partial charge in [0.1, 0.15) is 0 Å². The molecule has 90 valence electrons. The molecule has 5 nitrogen and oxygen atoms in total. The van der Waals surface area contributed by atoms with Crippen molar-refractivity contribution in [1.82, 2.24) is 4.57 Å². The molecule has 0 amide bonds. The summed E-state index contributed by atoms with van der Waals surface area (Å²) in [6, 6.07) is 5.08. The summed E-state index contributed by atoms with van der Waals surface area (Å²) in [4.78, 5) is 11.3. The van der Waals surface area contributed by atoms with E-state index in [-0.39, 0.29) is 5.56 Å². The Hall–Kier alpha value is -1.17. The van der Waals surface area contributed by atoms with Crippen LogP contribution in [0, 0.1) is 0 Å². The normalized spacial score (nSPS) is 10.6. The summed E-state index contributed by atoms with van der Waals surface area (Å²) >= 11 is 0. The molecule has 0 aromatic carbocycles. The predicted octanol–water partition coefficient (Wildman–Crippen LogP) is -0.160. The van der Waals surface area contributed by atoms with Crippen LogP contribution in [0.1, 0.15) is 0 Å². The van der Waals surface area contributed by atoms with Crippen LogP contribution in [-0.2, 0) is 16.0 Å². The maximum absolute atomic E-state index is 11.3. The highest BCUT2D eigenvalue weighted by molar-refractivity contribution is 4.92. The van der Waals surface area contributed by atoms with Gasteiger partial charge in [0, 0.05) is 25.4 Å². The zero-order chi connectivity index (χ0) is 11.6. The SMILES string of the molecule is NCCOCCOCCn1ccccc1=O. The van der Waals surface area contributed by atoms with Crippen molar-refractivity contribution in [2.24, 2.45) is 5.73 Å². The topological polar surface area (TPSA) is 66.5 Å². The summed E-state index contributed by atoms with van der Waals surface area (Å²) in [5, 5.41) is 0. The Morgan fingerprint density at radius 1 is 1.12 bits per heavy atom. The van der Waals surface area contributed by atoms with Gasteiger partial charge in [0.15, 0.2) is 0 Å². The second-order valence-corrected chi connectivity index (χ2v) is 3.25. The van der Waals surface area contributed by atoms with Crippen LogP contribution < -0.4 is 11.3 Å². The van der Waals surface area contributed by atoms with E-state index in [1.165, 1.54) is 6.07 Å². The molecule has 0 radical (unpaired) electrons. The molecule has 0 aliphatic rings. The number of hydrogen-bond donors (Lipinski definition) is 1. The van der Waals surface area contributed by atoms with E-state index >= 15 is 0 Å². The number of aromatic nitrogens is 1. The first-order valence-electron chi connectivity index (χ1n) is 5.35. The Bertz CT molecular complexity index is 338. The highest BCUT2D eigenvalue weighted by atomic mass is 16.5. The Kier molecular flexibility index (Phi) is 6.48. The van der Waals surface area contributed by atoms with E-state index in [0.29, 0.717) is 39.5 Å². The van der Waals surface area contributed by atoms with Crippen molar-refractivity contribution >= 4 is 0 Å². The van der Waals surface area contributed by atoms with Crippen LogP contribution in [0.4, 0.5) is 0 Å². The van der Waals surface area contributed by atoms with E-state index in [2.05, 4.69) is 0 Å². The lowest BCUT2D eigenvalue weighted by atomic mass is 10.5. The Morgan fingerprint density at radius 3 is 2.56 bits per heavy atom. The van der Waals surface area contributed by atoms with Gasteiger partial charge in [0.25, 0.3) is 5.56 Å². The summed E-state index contributed by atoms with van der Waals surface area (Å²) in [5.74, 6) is 0. The molecule has 0 unspecified atom stereocenters. The first-order valence-corrected chi connectivity index (χ1v) is 5.35. The van der Waals surface area contributed by atoms with E-state index < -0.39 is 0 Å². The molecule has 0 bridgehead atoms. The summed E-state index contributed by atoms with van der Waals surface area (Å²) in [7, 11) is 0. The zero-order valence-electron chi connectivity index (χ0n) is 9.30. The summed E-state index contributed by atoms with van der Waals surface area (Å²) in [6.45, 7) is 3.23. The molecule has 0 fully saturated rings. The molecule has 0 atom stereocenters. The van der Waals surface area contributed by atoms with Crippen LogP contribution >= 0.6 is 0 Å². The van der Waals surface area contributed by atoms with Gasteiger partial charge in [-0.05, 0) is 6.07 Å². The second kappa shape index (κ2) is 8.04. The van der Waals surface area contributed by atoms with Crippen LogP contribution in [0.3, 0.4) is 0 Å². The van der Waals surface area contributed by atoms with Crippen LogP contribution in [0.25, 0.3) is 0 Å². The van der Waals surface area contributed by atoms with Gasteiger partial charge in [0.2, 0.25) is 0 Å². The zero-order valence-corrected chi connectivity index (χ0v) is 9.30. The molecular formula is C11H18N2O3. The van der Waals surface area contributed by atoms with E-state index in [9.17, 15) is 4.79 Å². The number of rotatable bonds is 8. The molecule has 5 heteroatoms. The summed E-state index contributed by atoms with van der Waals surface area (Å²) < 4.78 is 12.1. The molecule has 16 heavy (non-hydrogen) atoms. The fourth-order valence-corrected chi connectivity index (χ4v) is 1.21. The van der Waals surface area contributed by atoms with Gasteiger partial charge in [-0.25, -0.2) is 0 Å². The molecule has 0 aliphatic heterocycles. The van der Waals surface area contributed by atoms with Crippen LogP contribution in [0.5, 0.6) is 0 Å². The average molecular weight is 226 g/mol. The highest BCUT2D eigenvalue weighted by Gasteiger charge is 1.93. The fraction of sp³-hybridized carbons (Fsp3) is 0.545. The van der Waals surface area contributed by atoms with Crippen molar-refractivity contribution in [2.45, 2.75) is 6.54 Å². The number of nitrogens with zero attached hydrogens (tertiary/aromatic N) is 1. The number of ether oxygens (including phenoxy) is 2. The second-order valence-electron chi connectivity index (χ2n) is 3.25. The van der Waals surface area contributed by atoms with Crippen molar-refractivity contribution in [3.63, 3.8) is 0 Å². The highest BCUT2D eigenvalue weighted by Crippen LogP contribution is 1.84. The third kappa shape index (κ3) is 5.06. The van der Waals surface area contributed by atoms with Crippen LogP contribution in [0.15, 0.2) is 29.2 Å². The maximum Gasteiger partial charge on any atom is 0.250 e. The molecule has 0 saturated carbocycles. The molecule has 0 spiro atoms. The fourth-order valence-electron chi connectivity index (χ4n) is 1.21. The van der Waals surface area contributed by atoms with E-state index in [0.717, 1.165) is 0 Å². The van der Waals surface area contributed by atoms with E-state index in [1.807, 2.05) is 6.07 Å². The lowest BCUT2D eigenvalue weighted by molar-refractivity contribution is 0.0474. The van der Waals surface area contributed by atoms with Gasteiger partial charge in [-0.1, -0.05) is 6.07 Å². The molecule has 2 N–H and O–H groups in total. The quantitative estimate of drug-likeness (QED) is 0.625. The molecular weight excluding hydrogens is 208 g/mol. The lowest BCUT2D eigenvalue weighted by Crippen LogP contribution is -2.21. The van der Waals surface area contributed by atoms with E-state index in [4.69, 9.17) is 15.2 Å². The first-order chi connectivity index (χ1) is 7.84. The van der Waals surface area contributed by atoms with Crippen LogP contribution in [0.2, 0.25) is 0 Å². The molecule has 1 rings (SSSR count). The smallest absolute Gasteiger partial charge is 0.250 e. The molecule has 0 saturated heterocycles. The van der Waals surface area contributed by atoms with Gasteiger partial charge in [0.05, 0.1) is 26.4 Å². The van der Waals surface area contributed by atoms with Crippen molar-refractivity contribution in [1.29, 1.82) is 0 Å². The minimum absolute atomic E-state index is 0.00881. The van der Waals surface area contributed by atoms with Crippen molar-refractivity contribution < 1.29 is 9.47 Å². The Labute approximate surface area is 94.8 Å². The molecule has 1 aromatic rings. The standard InChI is InChI=1S/C11H18N2O3/c12-4-7-15-9-10-16-8-6-13-5-2-1-3-11(13)14/h1-3,5H,4,6-10,12H2. The lowest BCUT2D eigenvalue weighted by Gasteiger charge is -2.06. The predicted molar refractivity (Wildman–Crippen MR) is 61.4 cm³/mol. The third-order valence-corrected chi connectivity index (χ3v) is 2.01. The number of hydrogen-bond acceptors (Lipinski definition) is 4. The number of pyridine rings is 1. The summed E-state index contributed by atoms with van der Waals surface area (Å²) in [5.41, 5.74) is 5.25. The van der Waals surface area contributed by atoms with E-state index in [1.54, 1.807) is 16.8 Å². The number of nitrogens with two attached hydrogens (primary N) is 1. The van der Waals surface area contributed by atoms with Gasteiger partial charge in [-0.15, -0.1) is 0 Å². The van der Waals surface area contributed by atoms with Crippen molar-refractivity contribution in [2.75, 3.05) is 33.0 Å². The molecule has 0 aliphatic carbocycles. The minimum atomic E-state index is -0.00881. The monoisotopic (exact) mass is 226 g/mol. The Balaban J connectivity index is 2.08.